The fourth-order valence-electron chi connectivity index (χ4n) is 2.29. The first-order valence-corrected chi connectivity index (χ1v) is 7.82. The highest BCUT2D eigenvalue weighted by Gasteiger charge is 2.32. The van der Waals surface area contributed by atoms with E-state index in [1.165, 1.54) is 23.5 Å². The Morgan fingerprint density at radius 2 is 2.00 bits per heavy atom. The molecule has 6 nitrogen and oxygen atoms in total. The van der Waals surface area contributed by atoms with Crippen LogP contribution < -0.4 is 10.5 Å². The van der Waals surface area contributed by atoms with Crippen molar-refractivity contribution in [2.45, 2.75) is 17.7 Å². The minimum absolute atomic E-state index is 0.156. The van der Waals surface area contributed by atoms with Crippen LogP contribution in [-0.2, 0) is 14.8 Å². The van der Waals surface area contributed by atoms with E-state index in [2.05, 4.69) is 0 Å². The minimum atomic E-state index is -3.58. The molecule has 1 heterocycles. The predicted molar refractivity (Wildman–Crippen MR) is 73.7 cm³/mol. The number of carbonyl (C=O) groups excluding carboxylic acids is 1. The maximum atomic E-state index is 12.5. The summed E-state index contributed by atoms with van der Waals surface area (Å²) in [6, 6.07) is 6.20. The van der Waals surface area contributed by atoms with Crippen molar-refractivity contribution < 1.29 is 17.9 Å². The molecule has 1 aromatic carbocycles. The van der Waals surface area contributed by atoms with E-state index in [-0.39, 0.29) is 11.4 Å². The molecule has 1 atom stereocenters. The van der Waals surface area contributed by atoms with E-state index in [9.17, 15) is 13.2 Å². The normalized spacial score (nSPS) is 20.6. The fraction of sp³-hybridized carbons (Fsp3) is 0.462. The number of sulfonamides is 1. The molecule has 0 aliphatic carbocycles. The summed E-state index contributed by atoms with van der Waals surface area (Å²) in [5.74, 6) is -0.256. The molecule has 0 bridgehead atoms. The van der Waals surface area contributed by atoms with Crippen LogP contribution >= 0.6 is 0 Å². The highest BCUT2D eigenvalue weighted by molar-refractivity contribution is 7.89. The van der Waals surface area contributed by atoms with Crippen molar-refractivity contribution in [3.8, 4) is 5.75 Å². The minimum Gasteiger partial charge on any atom is -0.497 e. The van der Waals surface area contributed by atoms with Gasteiger partial charge in [0.2, 0.25) is 15.9 Å². The van der Waals surface area contributed by atoms with Gasteiger partial charge in [-0.15, -0.1) is 0 Å². The highest BCUT2D eigenvalue weighted by Crippen LogP contribution is 2.24. The molecule has 2 N–H and O–H groups in total. The zero-order valence-corrected chi connectivity index (χ0v) is 12.1. The first-order valence-electron chi connectivity index (χ1n) is 6.38. The highest BCUT2D eigenvalue weighted by atomic mass is 32.2. The number of primary amides is 1. The van der Waals surface area contributed by atoms with Gasteiger partial charge >= 0.3 is 0 Å². The molecule has 0 unspecified atom stereocenters. The van der Waals surface area contributed by atoms with Crippen molar-refractivity contribution in [1.82, 2.24) is 4.31 Å². The van der Waals surface area contributed by atoms with Gasteiger partial charge in [0.15, 0.2) is 0 Å². The topological polar surface area (TPSA) is 89.7 Å². The molecule has 1 aromatic rings. The lowest BCUT2D eigenvalue weighted by atomic mass is 9.99. The summed E-state index contributed by atoms with van der Waals surface area (Å²) in [6.07, 6.45) is 1.28. The molecule has 110 valence electrons. The Kier molecular flexibility index (Phi) is 4.29. The van der Waals surface area contributed by atoms with E-state index in [1.807, 2.05) is 0 Å². The molecule has 1 aliphatic heterocycles. The maximum absolute atomic E-state index is 12.5. The van der Waals surface area contributed by atoms with Gasteiger partial charge in [0.05, 0.1) is 17.9 Å². The molecule has 7 heteroatoms. The van der Waals surface area contributed by atoms with Crippen molar-refractivity contribution in [2.24, 2.45) is 11.7 Å². The number of hydrogen-bond acceptors (Lipinski definition) is 4. The first kappa shape index (κ1) is 14.8. The number of benzene rings is 1. The lowest BCUT2D eigenvalue weighted by Gasteiger charge is -2.30. The quantitative estimate of drug-likeness (QED) is 0.880. The molecule has 2 rings (SSSR count). The second kappa shape index (κ2) is 5.80. The Bertz CT molecular complexity index is 583. The van der Waals surface area contributed by atoms with E-state index in [0.717, 1.165) is 0 Å². The van der Waals surface area contributed by atoms with E-state index in [0.29, 0.717) is 25.1 Å². The SMILES string of the molecule is COc1ccc(S(=O)(=O)N2CCC[C@@H](C(N)=O)C2)cc1. The molecule has 0 aromatic heterocycles. The molecule has 1 fully saturated rings. The fourth-order valence-corrected chi connectivity index (χ4v) is 3.81. The van der Waals surface area contributed by atoms with Crippen molar-refractivity contribution in [3.63, 3.8) is 0 Å². The third-order valence-electron chi connectivity index (χ3n) is 3.48. The van der Waals surface area contributed by atoms with Gasteiger partial charge in [-0.1, -0.05) is 0 Å². The summed E-state index contributed by atoms with van der Waals surface area (Å²) < 4.78 is 31.3. The molecule has 20 heavy (non-hydrogen) atoms. The van der Waals surface area contributed by atoms with E-state index >= 15 is 0 Å². The van der Waals surface area contributed by atoms with Gasteiger partial charge in [0.1, 0.15) is 5.75 Å². The Labute approximate surface area is 118 Å². The van der Waals surface area contributed by atoms with Crippen LogP contribution in [0.1, 0.15) is 12.8 Å². The smallest absolute Gasteiger partial charge is 0.243 e. The third kappa shape index (κ3) is 2.94. The van der Waals surface area contributed by atoms with Gasteiger partial charge in [-0.3, -0.25) is 4.79 Å². The van der Waals surface area contributed by atoms with E-state index in [1.54, 1.807) is 12.1 Å². The number of piperidine rings is 1. The van der Waals surface area contributed by atoms with Gasteiger partial charge in [-0.25, -0.2) is 8.42 Å². The number of nitrogens with zero attached hydrogens (tertiary/aromatic N) is 1. The number of amides is 1. The number of ether oxygens (including phenoxy) is 1. The van der Waals surface area contributed by atoms with Crippen LogP contribution in [0.15, 0.2) is 29.2 Å². The second-order valence-corrected chi connectivity index (χ2v) is 6.72. The Balaban J connectivity index is 2.22. The van der Waals surface area contributed by atoms with Crippen molar-refractivity contribution in [2.75, 3.05) is 20.2 Å². The van der Waals surface area contributed by atoms with Crippen molar-refractivity contribution in [3.05, 3.63) is 24.3 Å². The third-order valence-corrected chi connectivity index (χ3v) is 5.36. The van der Waals surface area contributed by atoms with Gasteiger partial charge < -0.3 is 10.5 Å². The van der Waals surface area contributed by atoms with E-state index < -0.39 is 21.8 Å². The average Bonchev–Trinajstić information content (AvgIpc) is 2.47. The predicted octanol–water partition coefficient (Wildman–Crippen LogP) is 0.581. The lowest BCUT2D eigenvalue weighted by Crippen LogP contribution is -2.43. The molecular formula is C13H18N2O4S. The first-order chi connectivity index (χ1) is 9.45. The van der Waals surface area contributed by atoms with Crippen LogP contribution in [0.3, 0.4) is 0 Å². The van der Waals surface area contributed by atoms with Gasteiger partial charge in [-0.2, -0.15) is 4.31 Å². The van der Waals surface area contributed by atoms with Gasteiger partial charge in [0.25, 0.3) is 0 Å². The van der Waals surface area contributed by atoms with Crippen molar-refractivity contribution >= 4 is 15.9 Å². The number of carbonyl (C=O) groups is 1. The standard InChI is InChI=1S/C13H18N2O4S/c1-19-11-4-6-12(7-5-11)20(17,18)15-8-2-3-10(9-15)13(14)16/h4-7,10H,2-3,8-9H2,1H3,(H2,14,16)/t10-/m1/s1. The second-order valence-electron chi connectivity index (χ2n) is 4.78. The number of nitrogens with two attached hydrogens (primary N) is 1. The molecule has 1 saturated heterocycles. The van der Waals surface area contributed by atoms with Crippen molar-refractivity contribution in [1.29, 1.82) is 0 Å². The van der Waals surface area contributed by atoms with Crippen LogP contribution in [0.2, 0.25) is 0 Å². The number of hydrogen-bond donors (Lipinski definition) is 1. The van der Waals surface area contributed by atoms with Crippen LogP contribution in [0, 0.1) is 5.92 Å². The average molecular weight is 298 g/mol. The lowest BCUT2D eigenvalue weighted by molar-refractivity contribution is -0.122. The molecule has 0 saturated carbocycles. The summed E-state index contributed by atoms with van der Waals surface area (Å²) >= 11 is 0. The molecular weight excluding hydrogens is 280 g/mol. The summed E-state index contributed by atoms with van der Waals surface area (Å²) in [6.45, 7) is 0.571. The molecule has 1 aliphatic rings. The molecule has 0 radical (unpaired) electrons. The largest absolute Gasteiger partial charge is 0.497 e. The molecule has 1 amide bonds. The summed E-state index contributed by atoms with van der Waals surface area (Å²) in [7, 11) is -2.06. The summed E-state index contributed by atoms with van der Waals surface area (Å²) in [5.41, 5.74) is 5.27. The molecule has 0 spiro atoms. The van der Waals surface area contributed by atoms with Crippen LogP contribution in [-0.4, -0.2) is 38.8 Å². The van der Waals surface area contributed by atoms with E-state index in [4.69, 9.17) is 10.5 Å². The Morgan fingerprint density at radius 3 is 2.55 bits per heavy atom. The summed E-state index contributed by atoms with van der Waals surface area (Å²) in [4.78, 5) is 11.4. The van der Waals surface area contributed by atoms with Gasteiger partial charge in [-0.05, 0) is 37.1 Å². The maximum Gasteiger partial charge on any atom is 0.243 e. The zero-order chi connectivity index (χ0) is 14.8. The Hall–Kier alpha value is -1.60. The monoisotopic (exact) mass is 298 g/mol. The van der Waals surface area contributed by atoms with Crippen LogP contribution in [0.4, 0.5) is 0 Å². The number of methoxy groups -OCH3 is 1. The Morgan fingerprint density at radius 1 is 1.35 bits per heavy atom. The summed E-state index contributed by atoms with van der Waals surface area (Å²) in [5, 5.41) is 0. The zero-order valence-electron chi connectivity index (χ0n) is 11.3. The number of rotatable bonds is 4. The van der Waals surface area contributed by atoms with Crippen LogP contribution in [0.5, 0.6) is 5.75 Å². The van der Waals surface area contributed by atoms with Crippen LogP contribution in [0.25, 0.3) is 0 Å². The van der Waals surface area contributed by atoms with Gasteiger partial charge in [0, 0.05) is 13.1 Å².